The lowest BCUT2D eigenvalue weighted by Crippen LogP contribution is -2.17. The van der Waals surface area contributed by atoms with Crippen molar-refractivity contribution in [3.8, 4) is 5.75 Å². The summed E-state index contributed by atoms with van der Waals surface area (Å²) < 4.78 is 5.36. The molecule has 0 saturated heterocycles. The van der Waals surface area contributed by atoms with Gasteiger partial charge in [-0.25, -0.2) is 10.2 Å². The van der Waals surface area contributed by atoms with Gasteiger partial charge in [0.05, 0.1) is 11.8 Å². The topological polar surface area (TPSA) is 67.8 Å². The summed E-state index contributed by atoms with van der Waals surface area (Å²) in [6.07, 6.45) is 1.49. The lowest BCUT2D eigenvalue weighted by Gasteiger charge is -2.05. The smallest absolute Gasteiger partial charge is 0.343 e. The zero-order chi connectivity index (χ0) is 19.9. The zero-order valence-corrected chi connectivity index (χ0v) is 15.8. The molecule has 1 N–H and O–H groups in total. The number of hydrazone groups is 1. The molecule has 0 radical (unpaired) electrons. The van der Waals surface area contributed by atoms with Gasteiger partial charge in [-0.05, 0) is 67.1 Å². The highest BCUT2D eigenvalue weighted by Crippen LogP contribution is 2.14. The van der Waals surface area contributed by atoms with Crippen LogP contribution in [-0.4, -0.2) is 18.1 Å². The van der Waals surface area contributed by atoms with Crippen molar-refractivity contribution < 1.29 is 14.3 Å². The normalized spacial score (nSPS) is 10.6. The molecule has 3 rings (SSSR count). The monoisotopic (exact) mass is 392 g/mol. The van der Waals surface area contributed by atoms with E-state index in [0.717, 1.165) is 11.1 Å². The van der Waals surface area contributed by atoms with Gasteiger partial charge in [-0.3, -0.25) is 4.79 Å². The summed E-state index contributed by atoms with van der Waals surface area (Å²) >= 11 is 5.86. The van der Waals surface area contributed by atoms with Crippen LogP contribution in [0, 0.1) is 6.92 Å². The van der Waals surface area contributed by atoms with Crippen LogP contribution in [0.3, 0.4) is 0 Å². The fourth-order valence-corrected chi connectivity index (χ4v) is 2.61. The quantitative estimate of drug-likeness (QED) is 0.298. The summed E-state index contributed by atoms with van der Waals surface area (Å²) in [6.45, 7) is 1.91. The minimum Gasteiger partial charge on any atom is -0.423 e. The summed E-state index contributed by atoms with van der Waals surface area (Å²) in [5.74, 6) is -0.354. The second kappa shape index (κ2) is 8.97. The standard InChI is InChI=1S/C22H17ClN2O3/c1-15-4-2-6-18(12-15)22(27)28-20-10-8-16(9-11-20)14-24-25-21(26)17-5-3-7-19(23)13-17/h2-14H,1H3,(H,25,26)/b24-14-. The van der Waals surface area contributed by atoms with Crippen molar-refractivity contribution >= 4 is 29.7 Å². The Balaban J connectivity index is 1.57. The molecule has 28 heavy (non-hydrogen) atoms. The molecule has 0 aliphatic carbocycles. The van der Waals surface area contributed by atoms with E-state index in [-0.39, 0.29) is 5.91 Å². The largest absolute Gasteiger partial charge is 0.423 e. The van der Waals surface area contributed by atoms with Gasteiger partial charge in [-0.1, -0.05) is 35.4 Å². The molecule has 0 unspecified atom stereocenters. The molecule has 0 aliphatic heterocycles. The second-order valence-electron chi connectivity index (χ2n) is 6.04. The number of nitrogens with one attached hydrogen (secondary N) is 1. The highest BCUT2D eigenvalue weighted by molar-refractivity contribution is 6.30. The van der Waals surface area contributed by atoms with E-state index in [1.165, 1.54) is 6.21 Å². The first-order valence-electron chi connectivity index (χ1n) is 8.49. The van der Waals surface area contributed by atoms with Crippen LogP contribution in [-0.2, 0) is 0 Å². The van der Waals surface area contributed by atoms with Crippen LogP contribution in [0.5, 0.6) is 5.75 Å². The molecule has 0 spiro atoms. The fourth-order valence-electron chi connectivity index (χ4n) is 2.42. The summed E-state index contributed by atoms with van der Waals surface area (Å²) in [7, 11) is 0. The van der Waals surface area contributed by atoms with Gasteiger partial charge in [0.2, 0.25) is 0 Å². The number of aryl methyl sites for hydroxylation is 1. The van der Waals surface area contributed by atoms with Crippen LogP contribution in [0.15, 0.2) is 77.9 Å². The van der Waals surface area contributed by atoms with E-state index in [9.17, 15) is 9.59 Å². The first-order chi connectivity index (χ1) is 13.5. The first-order valence-corrected chi connectivity index (χ1v) is 8.87. The summed E-state index contributed by atoms with van der Waals surface area (Å²) in [5.41, 5.74) is 5.07. The van der Waals surface area contributed by atoms with E-state index in [2.05, 4.69) is 10.5 Å². The maximum absolute atomic E-state index is 12.2. The lowest BCUT2D eigenvalue weighted by atomic mass is 10.1. The number of esters is 1. The van der Waals surface area contributed by atoms with Crippen molar-refractivity contribution in [1.82, 2.24) is 5.43 Å². The summed E-state index contributed by atoms with van der Waals surface area (Å²) in [4.78, 5) is 24.1. The summed E-state index contributed by atoms with van der Waals surface area (Å²) in [6, 6.07) is 20.6. The molecule has 0 bridgehead atoms. The number of amides is 1. The van der Waals surface area contributed by atoms with Crippen LogP contribution >= 0.6 is 11.6 Å². The molecule has 0 aromatic heterocycles. The lowest BCUT2D eigenvalue weighted by molar-refractivity contribution is 0.0734. The number of carbonyl (C=O) groups is 2. The Morgan fingerprint density at radius 2 is 1.68 bits per heavy atom. The number of nitrogens with zero attached hydrogens (tertiary/aromatic N) is 1. The van der Waals surface area contributed by atoms with E-state index in [4.69, 9.17) is 16.3 Å². The van der Waals surface area contributed by atoms with Crippen molar-refractivity contribution in [1.29, 1.82) is 0 Å². The van der Waals surface area contributed by atoms with Gasteiger partial charge in [0, 0.05) is 10.6 Å². The van der Waals surface area contributed by atoms with Gasteiger partial charge in [0.15, 0.2) is 0 Å². The van der Waals surface area contributed by atoms with Gasteiger partial charge < -0.3 is 4.74 Å². The van der Waals surface area contributed by atoms with Crippen molar-refractivity contribution in [3.63, 3.8) is 0 Å². The molecule has 1 amide bonds. The molecule has 3 aromatic carbocycles. The maximum Gasteiger partial charge on any atom is 0.343 e. The SMILES string of the molecule is Cc1cccc(C(=O)Oc2ccc(/C=N\NC(=O)c3cccc(Cl)c3)cc2)c1. The van der Waals surface area contributed by atoms with E-state index in [1.54, 1.807) is 60.7 Å². The van der Waals surface area contributed by atoms with Gasteiger partial charge in [0.25, 0.3) is 5.91 Å². The van der Waals surface area contributed by atoms with Crippen LogP contribution in [0.2, 0.25) is 5.02 Å². The van der Waals surface area contributed by atoms with Crippen LogP contribution < -0.4 is 10.2 Å². The van der Waals surface area contributed by atoms with Gasteiger partial charge >= 0.3 is 5.97 Å². The second-order valence-corrected chi connectivity index (χ2v) is 6.47. The van der Waals surface area contributed by atoms with Crippen molar-refractivity contribution in [3.05, 3.63) is 100 Å². The van der Waals surface area contributed by atoms with Gasteiger partial charge in [0.1, 0.15) is 5.75 Å². The Hall–Kier alpha value is -3.44. The van der Waals surface area contributed by atoms with E-state index in [1.807, 2.05) is 19.1 Å². The third-order valence-electron chi connectivity index (χ3n) is 3.81. The third-order valence-corrected chi connectivity index (χ3v) is 4.05. The average Bonchev–Trinajstić information content (AvgIpc) is 2.69. The molecule has 6 heteroatoms. The van der Waals surface area contributed by atoms with Crippen LogP contribution in [0.1, 0.15) is 31.8 Å². The zero-order valence-electron chi connectivity index (χ0n) is 15.1. The Labute approximate surface area is 167 Å². The number of hydrogen-bond donors (Lipinski definition) is 1. The molecule has 0 heterocycles. The molecule has 0 atom stereocenters. The molecular formula is C22H17ClN2O3. The number of rotatable bonds is 5. The summed E-state index contributed by atoms with van der Waals surface area (Å²) in [5, 5.41) is 4.40. The number of benzene rings is 3. The van der Waals surface area contributed by atoms with Crippen molar-refractivity contribution in [2.24, 2.45) is 5.10 Å². The minimum absolute atomic E-state index is 0.359. The fraction of sp³-hybridized carbons (Fsp3) is 0.0455. The third kappa shape index (κ3) is 5.28. The molecule has 140 valence electrons. The van der Waals surface area contributed by atoms with Crippen LogP contribution in [0.4, 0.5) is 0 Å². The molecule has 0 saturated carbocycles. The average molecular weight is 393 g/mol. The Bertz CT molecular complexity index is 1030. The maximum atomic E-state index is 12.2. The highest BCUT2D eigenvalue weighted by Gasteiger charge is 2.08. The molecule has 0 aliphatic rings. The number of carbonyl (C=O) groups excluding carboxylic acids is 2. The van der Waals surface area contributed by atoms with Crippen LogP contribution in [0.25, 0.3) is 0 Å². The Morgan fingerprint density at radius 3 is 2.39 bits per heavy atom. The van der Waals surface area contributed by atoms with E-state index < -0.39 is 5.97 Å². The van der Waals surface area contributed by atoms with Crippen molar-refractivity contribution in [2.45, 2.75) is 6.92 Å². The van der Waals surface area contributed by atoms with Gasteiger partial charge in [-0.2, -0.15) is 5.10 Å². The predicted octanol–water partition coefficient (Wildman–Crippen LogP) is 4.63. The number of ether oxygens (including phenoxy) is 1. The van der Waals surface area contributed by atoms with Crippen molar-refractivity contribution in [2.75, 3.05) is 0 Å². The predicted molar refractivity (Wildman–Crippen MR) is 109 cm³/mol. The van der Waals surface area contributed by atoms with E-state index >= 15 is 0 Å². The molecule has 5 nitrogen and oxygen atoms in total. The highest BCUT2D eigenvalue weighted by atomic mass is 35.5. The van der Waals surface area contributed by atoms with Gasteiger partial charge in [-0.15, -0.1) is 0 Å². The Kier molecular flexibility index (Phi) is 6.19. The minimum atomic E-state index is -0.418. The molecular weight excluding hydrogens is 376 g/mol. The Morgan fingerprint density at radius 1 is 0.964 bits per heavy atom. The first kappa shape index (κ1) is 19.3. The number of hydrogen-bond acceptors (Lipinski definition) is 4. The molecule has 3 aromatic rings. The molecule has 0 fully saturated rings. The van der Waals surface area contributed by atoms with E-state index in [0.29, 0.717) is 21.9 Å². The number of halogens is 1.